The van der Waals surface area contributed by atoms with E-state index in [-0.39, 0.29) is 0 Å². The molecule has 1 unspecified atom stereocenters. The highest BCUT2D eigenvalue weighted by atomic mass is 32.1. The van der Waals surface area contributed by atoms with Crippen LogP contribution in [0.3, 0.4) is 0 Å². The number of aryl methyl sites for hydroxylation is 1. The Balaban J connectivity index is 1.54. The number of nitrogens with one attached hydrogen (secondary N) is 1. The minimum absolute atomic E-state index is 0.419. The van der Waals surface area contributed by atoms with Crippen LogP contribution in [0.25, 0.3) is 0 Å². The number of fused-ring (bicyclic) bond motifs is 1. The van der Waals surface area contributed by atoms with Crippen molar-refractivity contribution in [2.24, 2.45) is 5.92 Å². The first kappa shape index (κ1) is 12.7. The molecular weight excluding hydrogens is 262 g/mol. The maximum atomic E-state index is 5.71. The Kier molecular flexibility index (Phi) is 3.86. The molecule has 0 amide bonds. The zero-order valence-corrected chi connectivity index (χ0v) is 11.7. The van der Waals surface area contributed by atoms with E-state index in [1.807, 2.05) is 23.2 Å². The van der Waals surface area contributed by atoms with Gasteiger partial charge in [0.15, 0.2) is 0 Å². The van der Waals surface area contributed by atoms with Crippen LogP contribution in [0.5, 0.6) is 0 Å². The summed E-state index contributed by atoms with van der Waals surface area (Å²) in [6, 6.07) is 0. The largest absolute Gasteiger partial charge is 0.375 e. The van der Waals surface area contributed by atoms with Crippen molar-refractivity contribution in [2.75, 3.05) is 13.2 Å². The summed E-state index contributed by atoms with van der Waals surface area (Å²) in [5.41, 5.74) is 2.07. The van der Waals surface area contributed by atoms with Crippen molar-refractivity contribution >= 4 is 11.3 Å². The fourth-order valence-electron chi connectivity index (χ4n) is 2.21. The van der Waals surface area contributed by atoms with Gasteiger partial charge in [-0.05, 0) is 6.92 Å². The number of nitrogens with zero attached hydrogens (tertiary/aromatic N) is 4. The van der Waals surface area contributed by atoms with E-state index in [1.54, 1.807) is 11.3 Å². The van der Waals surface area contributed by atoms with Crippen molar-refractivity contribution in [1.29, 1.82) is 0 Å². The van der Waals surface area contributed by atoms with Crippen LogP contribution in [-0.4, -0.2) is 33.1 Å². The van der Waals surface area contributed by atoms with Gasteiger partial charge in [-0.2, -0.15) is 0 Å². The van der Waals surface area contributed by atoms with Gasteiger partial charge in [-0.25, -0.2) is 9.67 Å². The SMILES string of the molecule is Cc1nnn2c1COCC(CNCc1nccs1)C2. The summed E-state index contributed by atoms with van der Waals surface area (Å²) >= 11 is 1.67. The van der Waals surface area contributed by atoms with Crippen LogP contribution in [0.4, 0.5) is 0 Å². The number of thiazole rings is 1. The van der Waals surface area contributed by atoms with Crippen molar-refractivity contribution < 1.29 is 4.74 Å². The lowest BCUT2D eigenvalue weighted by atomic mass is 10.1. The molecule has 0 aromatic carbocycles. The molecule has 102 valence electrons. The maximum absolute atomic E-state index is 5.71. The molecule has 0 spiro atoms. The second kappa shape index (κ2) is 5.77. The molecule has 0 saturated heterocycles. The fraction of sp³-hybridized carbons (Fsp3) is 0.583. The van der Waals surface area contributed by atoms with Gasteiger partial charge in [0.05, 0.1) is 24.6 Å². The second-order valence-electron chi connectivity index (χ2n) is 4.74. The molecule has 7 heteroatoms. The highest BCUT2D eigenvalue weighted by molar-refractivity contribution is 7.09. The van der Waals surface area contributed by atoms with Crippen LogP contribution in [0.15, 0.2) is 11.6 Å². The monoisotopic (exact) mass is 279 g/mol. The third kappa shape index (κ3) is 2.99. The minimum atomic E-state index is 0.419. The Labute approximate surface area is 115 Å². The normalized spacial score (nSPS) is 19.1. The first-order valence-corrected chi connectivity index (χ1v) is 7.26. The summed E-state index contributed by atoms with van der Waals surface area (Å²) in [4.78, 5) is 4.25. The minimum Gasteiger partial charge on any atom is -0.375 e. The van der Waals surface area contributed by atoms with Crippen molar-refractivity contribution in [3.8, 4) is 0 Å². The van der Waals surface area contributed by atoms with E-state index in [4.69, 9.17) is 4.74 Å². The molecule has 19 heavy (non-hydrogen) atoms. The van der Waals surface area contributed by atoms with Crippen LogP contribution in [-0.2, 0) is 24.4 Å². The second-order valence-corrected chi connectivity index (χ2v) is 5.72. The fourth-order valence-corrected chi connectivity index (χ4v) is 2.80. The molecule has 1 aliphatic rings. The molecule has 1 aliphatic heterocycles. The Hall–Kier alpha value is -1.31. The molecule has 0 aliphatic carbocycles. The molecular formula is C12H17N5OS. The number of hydrogen-bond acceptors (Lipinski definition) is 6. The van der Waals surface area contributed by atoms with Gasteiger partial charge >= 0.3 is 0 Å². The summed E-state index contributed by atoms with van der Waals surface area (Å²) in [6.45, 7) is 5.93. The average molecular weight is 279 g/mol. The molecule has 1 atom stereocenters. The van der Waals surface area contributed by atoms with Gasteiger partial charge in [-0.3, -0.25) is 0 Å². The van der Waals surface area contributed by atoms with E-state index < -0.39 is 0 Å². The van der Waals surface area contributed by atoms with Crippen molar-refractivity contribution in [3.63, 3.8) is 0 Å². The van der Waals surface area contributed by atoms with Crippen LogP contribution >= 0.6 is 11.3 Å². The lowest BCUT2D eigenvalue weighted by molar-refractivity contribution is 0.0936. The molecule has 0 bridgehead atoms. The van der Waals surface area contributed by atoms with Crippen molar-refractivity contribution in [1.82, 2.24) is 25.3 Å². The van der Waals surface area contributed by atoms with E-state index in [0.29, 0.717) is 12.5 Å². The molecule has 3 rings (SSSR count). The number of rotatable bonds is 4. The van der Waals surface area contributed by atoms with Gasteiger partial charge in [0, 0.05) is 37.1 Å². The third-order valence-electron chi connectivity index (χ3n) is 3.25. The highest BCUT2D eigenvalue weighted by Crippen LogP contribution is 2.14. The Bertz CT molecular complexity index is 524. The van der Waals surface area contributed by atoms with E-state index in [2.05, 4.69) is 20.6 Å². The first-order valence-electron chi connectivity index (χ1n) is 6.38. The van der Waals surface area contributed by atoms with Crippen LogP contribution in [0.2, 0.25) is 0 Å². The lowest BCUT2D eigenvalue weighted by Gasteiger charge is -2.14. The standard InChI is InChI=1S/C12H17N5OS/c1-9-11-8-18-7-10(6-17(11)16-15-9)4-13-5-12-14-2-3-19-12/h2-3,10,13H,4-8H2,1H3. The van der Waals surface area contributed by atoms with E-state index in [1.165, 1.54) is 0 Å². The summed E-state index contributed by atoms with van der Waals surface area (Å²) in [6.07, 6.45) is 1.83. The van der Waals surface area contributed by atoms with E-state index >= 15 is 0 Å². The third-order valence-corrected chi connectivity index (χ3v) is 4.03. The zero-order chi connectivity index (χ0) is 13.1. The highest BCUT2D eigenvalue weighted by Gasteiger charge is 2.19. The molecule has 2 aromatic rings. The topological polar surface area (TPSA) is 64.9 Å². The average Bonchev–Trinajstić information content (AvgIpc) is 2.97. The van der Waals surface area contributed by atoms with E-state index in [0.717, 1.165) is 42.6 Å². The van der Waals surface area contributed by atoms with Gasteiger partial charge in [-0.1, -0.05) is 5.21 Å². The van der Waals surface area contributed by atoms with Gasteiger partial charge in [0.2, 0.25) is 0 Å². The first-order chi connectivity index (χ1) is 9.33. The summed E-state index contributed by atoms with van der Waals surface area (Å²) in [5, 5.41) is 14.8. The predicted molar refractivity (Wildman–Crippen MR) is 71.7 cm³/mol. The van der Waals surface area contributed by atoms with Crippen molar-refractivity contribution in [3.05, 3.63) is 28.0 Å². The van der Waals surface area contributed by atoms with Crippen molar-refractivity contribution in [2.45, 2.75) is 26.6 Å². The summed E-state index contributed by atoms with van der Waals surface area (Å²) < 4.78 is 7.68. The van der Waals surface area contributed by atoms with Gasteiger partial charge in [0.25, 0.3) is 0 Å². The zero-order valence-electron chi connectivity index (χ0n) is 10.9. The quantitative estimate of drug-likeness (QED) is 0.904. The molecule has 0 radical (unpaired) electrons. The molecule has 2 aromatic heterocycles. The molecule has 6 nitrogen and oxygen atoms in total. The molecule has 3 heterocycles. The van der Waals surface area contributed by atoms with Gasteiger partial charge < -0.3 is 10.1 Å². The molecule has 0 fully saturated rings. The molecule has 0 saturated carbocycles. The number of aromatic nitrogens is 4. The Morgan fingerprint density at radius 2 is 2.53 bits per heavy atom. The number of ether oxygens (including phenoxy) is 1. The Morgan fingerprint density at radius 1 is 1.58 bits per heavy atom. The number of hydrogen-bond donors (Lipinski definition) is 1. The van der Waals surface area contributed by atoms with Gasteiger partial charge in [0.1, 0.15) is 5.01 Å². The van der Waals surface area contributed by atoms with Gasteiger partial charge in [-0.15, -0.1) is 16.4 Å². The summed E-state index contributed by atoms with van der Waals surface area (Å²) in [7, 11) is 0. The van der Waals surface area contributed by atoms with Crippen LogP contribution in [0.1, 0.15) is 16.4 Å². The predicted octanol–water partition coefficient (Wildman–Crippen LogP) is 0.979. The summed E-state index contributed by atoms with van der Waals surface area (Å²) in [5.74, 6) is 0.419. The van der Waals surface area contributed by atoms with Crippen LogP contribution in [0, 0.1) is 12.8 Å². The lowest BCUT2D eigenvalue weighted by Crippen LogP contribution is -2.28. The molecule has 1 N–H and O–H groups in total. The smallest absolute Gasteiger partial charge is 0.106 e. The van der Waals surface area contributed by atoms with E-state index in [9.17, 15) is 0 Å². The Morgan fingerprint density at radius 3 is 3.37 bits per heavy atom. The maximum Gasteiger partial charge on any atom is 0.106 e. The van der Waals surface area contributed by atoms with Crippen LogP contribution < -0.4 is 5.32 Å².